The molecule has 2 aromatic rings. The molecule has 0 bridgehead atoms. The van der Waals surface area contributed by atoms with Gasteiger partial charge in [0.05, 0.1) is 4.90 Å². The van der Waals surface area contributed by atoms with Gasteiger partial charge >= 0.3 is 0 Å². The average Bonchev–Trinajstić information content (AvgIpc) is 2.77. The molecule has 162 valence electrons. The molecular formula is C23H31N3O3S. The van der Waals surface area contributed by atoms with Crippen molar-refractivity contribution in [3.05, 3.63) is 60.2 Å². The summed E-state index contributed by atoms with van der Waals surface area (Å²) in [5, 5.41) is 2.96. The van der Waals surface area contributed by atoms with E-state index in [9.17, 15) is 13.2 Å². The highest BCUT2D eigenvalue weighted by atomic mass is 32.2. The van der Waals surface area contributed by atoms with E-state index in [1.165, 1.54) is 37.8 Å². The molecule has 0 unspecified atom stereocenters. The maximum Gasteiger partial charge on any atom is 0.261 e. The number of benzene rings is 2. The number of carbonyl (C=O) groups is 1. The van der Waals surface area contributed by atoms with E-state index in [-0.39, 0.29) is 10.8 Å². The van der Waals surface area contributed by atoms with Crippen LogP contribution in [-0.2, 0) is 10.0 Å². The minimum absolute atomic E-state index is 0.141. The van der Waals surface area contributed by atoms with Gasteiger partial charge in [-0.1, -0.05) is 31.5 Å². The van der Waals surface area contributed by atoms with Crippen LogP contribution >= 0.6 is 0 Å². The first-order chi connectivity index (χ1) is 14.5. The number of likely N-dealkylation sites (tertiary alicyclic amines) is 1. The van der Waals surface area contributed by atoms with Crippen molar-refractivity contribution in [2.75, 3.05) is 24.4 Å². The van der Waals surface area contributed by atoms with E-state index >= 15 is 0 Å². The van der Waals surface area contributed by atoms with Gasteiger partial charge in [-0.15, -0.1) is 0 Å². The van der Waals surface area contributed by atoms with Crippen LogP contribution in [0.4, 0.5) is 5.69 Å². The normalized spacial score (nSPS) is 17.4. The molecule has 30 heavy (non-hydrogen) atoms. The van der Waals surface area contributed by atoms with Crippen molar-refractivity contribution in [1.29, 1.82) is 0 Å². The molecule has 1 atom stereocenters. The predicted octanol–water partition coefficient (Wildman–Crippen LogP) is 3.87. The molecule has 2 N–H and O–H groups in total. The Bertz CT molecular complexity index is 914. The van der Waals surface area contributed by atoms with Gasteiger partial charge in [0.25, 0.3) is 15.9 Å². The summed E-state index contributed by atoms with van der Waals surface area (Å²) >= 11 is 0. The molecule has 2 aromatic carbocycles. The molecule has 1 heterocycles. The Balaban J connectivity index is 1.47. The van der Waals surface area contributed by atoms with Crippen molar-refractivity contribution < 1.29 is 13.2 Å². The highest BCUT2D eigenvalue weighted by molar-refractivity contribution is 7.92. The molecule has 1 amide bonds. The van der Waals surface area contributed by atoms with Crippen LogP contribution in [0, 0.1) is 0 Å². The summed E-state index contributed by atoms with van der Waals surface area (Å²) in [7, 11) is -3.64. The fraction of sp³-hybridized carbons (Fsp3) is 0.435. The monoisotopic (exact) mass is 429 g/mol. The van der Waals surface area contributed by atoms with Crippen LogP contribution in [0.1, 0.15) is 49.4 Å². The van der Waals surface area contributed by atoms with Gasteiger partial charge in [-0.2, -0.15) is 0 Å². The van der Waals surface area contributed by atoms with Crippen molar-refractivity contribution >= 4 is 21.6 Å². The standard InChI is InChI=1S/C23H31N3O3S/c1-2-21-9-6-7-17-26(21)18-8-16-24-23(27)19-12-14-20(15-13-19)25-30(28,29)22-10-4-3-5-11-22/h3-5,10-15,21,25H,2,6-9,16-18H2,1H3,(H,24,27)/t21-/m1/s1. The predicted molar refractivity (Wildman–Crippen MR) is 120 cm³/mol. The number of anilines is 1. The molecule has 1 fully saturated rings. The van der Waals surface area contributed by atoms with E-state index in [2.05, 4.69) is 21.9 Å². The van der Waals surface area contributed by atoms with Crippen LogP contribution in [0.3, 0.4) is 0 Å². The second-order valence-electron chi connectivity index (χ2n) is 7.70. The first-order valence-electron chi connectivity index (χ1n) is 10.7. The third-order valence-electron chi connectivity index (χ3n) is 5.58. The lowest BCUT2D eigenvalue weighted by molar-refractivity contribution is 0.0947. The van der Waals surface area contributed by atoms with Gasteiger partial charge in [0, 0.05) is 30.4 Å². The molecule has 0 aliphatic carbocycles. The van der Waals surface area contributed by atoms with Crippen molar-refractivity contribution in [3.8, 4) is 0 Å². The van der Waals surface area contributed by atoms with E-state index in [0.29, 0.717) is 23.8 Å². The number of rotatable bonds is 9. The Morgan fingerprint density at radius 3 is 2.50 bits per heavy atom. The molecule has 6 nitrogen and oxygen atoms in total. The smallest absolute Gasteiger partial charge is 0.261 e. The van der Waals surface area contributed by atoms with Crippen molar-refractivity contribution in [1.82, 2.24) is 10.2 Å². The van der Waals surface area contributed by atoms with Crippen LogP contribution in [0.5, 0.6) is 0 Å². The molecular weight excluding hydrogens is 398 g/mol. The average molecular weight is 430 g/mol. The number of piperidine rings is 1. The fourth-order valence-corrected chi connectivity index (χ4v) is 4.99. The summed E-state index contributed by atoms with van der Waals surface area (Å²) in [6.07, 6.45) is 5.99. The van der Waals surface area contributed by atoms with E-state index < -0.39 is 10.0 Å². The summed E-state index contributed by atoms with van der Waals surface area (Å²) < 4.78 is 27.3. The Morgan fingerprint density at radius 1 is 1.07 bits per heavy atom. The van der Waals surface area contributed by atoms with E-state index in [1.54, 1.807) is 42.5 Å². The maximum atomic E-state index is 12.4. The third-order valence-corrected chi connectivity index (χ3v) is 6.98. The zero-order valence-electron chi connectivity index (χ0n) is 17.5. The number of nitrogens with one attached hydrogen (secondary N) is 2. The summed E-state index contributed by atoms with van der Waals surface area (Å²) in [6, 6.07) is 15.4. The number of nitrogens with zero attached hydrogens (tertiary/aromatic N) is 1. The highest BCUT2D eigenvalue weighted by Gasteiger charge is 2.20. The maximum absolute atomic E-state index is 12.4. The minimum Gasteiger partial charge on any atom is -0.352 e. The summed E-state index contributed by atoms with van der Waals surface area (Å²) in [5.74, 6) is -0.141. The molecule has 3 rings (SSSR count). The molecule has 7 heteroatoms. The second-order valence-corrected chi connectivity index (χ2v) is 9.38. The van der Waals surface area contributed by atoms with E-state index in [4.69, 9.17) is 0 Å². The number of carbonyl (C=O) groups excluding carboxylic acids is 1. The van der Waals surface area contributed by atoms with Gasteiger partial charge in [-0.3, -0.25) is 9.52 Å². The summed E-state index contributed by atoms with van der Waals surface area (Å²) in [6.45, 7) is 5.05. The van der Waals surface area contributed by atoms with Crippen LogP contribution in [0.25, 0.3) is 0 Å². The Hall–Kier alpha value is -2.38. The largest absolute Gasteiger partial charge is 0.352 e. The Kier molecular flexibility index (Phi) is 7.87. The van der Waals surface area contributed by atoms with Crippen LogP contribution in [0.15, 0.2) is 59.5 Å². The van der Waals surface area contributed by atoms with Gasteiger partial charge in [-0.05, 0) is 68.6 Å². The number of hydrogen-bond acceptors (Lipinski definition) is 4. The quantitative estimate of drug-likeness (QED) is 0.593. The molecule has 0 saturated carbocycles. The molecule has 1 aliphatic rings. The van der Waals surface area contributed by atoms with E-state index in [1.807, 2.05) is 0 Å². The first kappa shape index (κ1) is 22.3. The highest BCUT2D eigenvalue weighted by Crippen LogP contribution is 2.19. The topological polar surface area (TPSA) is 78.5 Å². The zero-order valence-corrected chi connectivity index (χ0v) is 18.3. The van der Waals surface area contributed by atoms with Crippen LogP contribution in [0.2, 0.25) is 0 Å². The van der Waals surface area contributed by atoms with Gasteiger partial charge < -0.3 is 10.2 Å². The van der Waals surface area contributed by atoms with Crippen LogP contribution in [-0.4, -0.2) is 44.9 Å². The van der Waals surface area contributed by atoms with Gasteiger partial charge in [-0.25, -0.2) is 8.42 Å². The molecule has 0 radical (unpaired) electrons. The molecule has 0 spiro atoms. The SMILES string of the molecule is CC[C@@H]1CCCCN1CCCNC(=O)c1ccc(NS(=O)(=O)c2ccccc2)cc1. The molecule has 0 aromatic heterocycles. The lowest BCUT2D eigenvalue weighted by Gasteiger charge is -2.35. The van der Waals surface area contributed by atoms with Gasteiger partial charge in [0.1, 0.15) is 0 Å². The van der Waals surface area contributed by atoms with Crippen molar-refractivity contribution in [2.45, 2.75) is 50.0 Å². The Morgan fingerprint density at radius 2 is 1.80 bits per heavy atom. The van der Waals surface area contributed by atoms with Crippen molar-refractivity contribution in [2.24, 2.45) is 0 Å². The third kappa shape index (κ3) is 6.06. The van der Waals surface area contributed by atoms with Gasteiger partial charge in [0.15, 0.2) is 0 Å². The van der Waals surface area contributed by atoms with Gasteiger partial charge in [0.2, 0.25) is 0 Å². The summed E-state index contributed by atoms with van der Waals surface area (Å²) in [5.41, 5.74) is 0.938. The zero-order chi connectivity index (χ0) is 21.4. The minimum atomic E-state index is -3.64. The lowest BCUT2D eigenvalue weighted by Crippen LogP contribution is -2.40. The fourth-order valence-electron chi connectivity index (χ4n) is 3.91. The second kappa shape index (κ2) is 10.6. The Labute approximate surface area is 179 Å². The van der Waals surface area contributed by atoms with E-state index in [0.717, 1.165) is 19.5 Å². The molecule has 1 aliphatic heterocycles. The number of amides is 1. The van der Waals surface area contributed by atoms with Crippen molar-refractivity contribution in [3.63, 3.8) is 0 Å². The first-order valence-corrected chi connectivity index (χ1v) is 12.2. The molecule has 1 saturated heterocycles. The number of sulfonamides is 1. The summed E-state index contributed by atoms with van der Waals surface area (Å²) in [4.78, 5) is 15.1. The number of hydrogen-bond donors (Lipinski definition) is 2. The lowest BCUT2D eigenvalue weighted by atomic mass is 10.00. The van der Waals surface area contributed by atoms with Crippen LogP contribution < -0.4 is 10.0 Å².